The van der Waals surface area contributed by atoms with Gasteiger partial charge in [-0.2, -0.15) is 5.10 Å². The first-order valence-corrected chi connectivity index (χ1v) is 5.93. The monoisotopic (exact) mass is 313 g/mol. The maximum absolute atomic E-state index is 4.47. The molecule has 0 N–H and O–H groups in total. The molecule has 2 aromatic heterocycles. The van der Waals surface area contributed by atoms with Crippen LogP contribution in [0.2, 0.25) is 0 Å². The van der Waals surface area contributed by atoms with Crippen LogP contribution in [-0.4, -0.2) is 14.8 Å². The van der Waals surface area contributed by atoms with Crippen LogP contribution in [0.1, 0.15) is 19.9 Å². The van der Waals surface area contributed by atoms with Crippen molar-refractivity contribution >= 4 is 22.6 Å². The highest BCUT2D eigenvalue weighted by molar-refractivity contribution is 14.1. The van der Waals surface area contributed by atoms with E-state index in [9.17, 15) is 0 Å². The zero-order chi connectivity index (χ0) is 10.8. The van der Waals surface area contributed by atoms with Crippen molar-refractivity contribution in [3.63, 3.8) is 0 Å². The topological polar surface area (TPSA) is 30.7 Å². The van der Waals surface area contributed by atoms with Gasteiger partial charge in [-0.05, 0) is 54.6 Å². The molecule has 0 radical (unpaired) electrons. The third-order valence-electron chi connectivity index (χ3n) is 2.11. The van der Waals surface area contributed by atoms with Crippen LogP contribution in [0, 0.1) is 3.70 Å². The van der Waals surface area contributed by atoms with Gasteiger partial charge in [0.05, 0.1) is 5.69 Å². The third kappa shape index (κ3) is 2.37. The Labute approximate surface area is 103 Å². The van der Waals surface area contributed by atoms with Crippen molar-refractivity contribution in [2.24, 2.45) is 0 Å². The summed E-state index contributed by atoms with van der Waals surface area (Å²) in [6.07, 6.45) is 1.99. The summed E-state index contributed by atoms with van der Waals surface area (Å²) < 4.78 is 2.93. The van der Waals surface area contributed by atoms with E-state index in [2.05, 4.69) is 46.5 Å². The number of hydrogen-bond donors (Lipinski definition) is 0. The van der Waals surface area contributed by atoms with Crippen LogP contribution in [0.4, 0.5) is 0 Å². The Morgan fingerprint density at radius 1 is 1.20 bits per heavy atom. The molecule has 4 heteroatoms. The maximum Gasteiger partial charge on any atom is 0.111 e. The standard InChI is InChI=1S/C11H12IN3/c1-8(2)15-7-6-10(14-15)9-4-3-5-11(12)13-9/h3-8H,1-2H3. The van der Waals surface area contributed by atoms with Gasteiger partial charge in [-0.15, -0.1) is 0 Å². The molecule has 0 aromatic carbocycles. The molecule has 15 heavy (non-hydrogen) atoms. The molecule has 0 aliphatic rings. The van der Waals surface area contributed by atoms with Crippen LogP contribution in [0.3, 0.4) is 0 Å². The fourth-order valence-electron chi connectivity index (χ4n) is 1.31. The Morgan fingerprint density at radius 2 is 2.00 bits per heavy atom. The minimum Gasteiger partial charge on any atom is -0.270 e. The molecule has 0 aliphatic carbocycles. The van der Waals surface area contributed by atoms with Crippen LogP contribution in [0.25, 0.3) is 11.4 Å². The molecular formula is C11H12IN3. The summed E-state index contributed by atoms with van der Waals surface area (Å²) >= 11 is 2.21. The Balaban J connectivity index is 2.37. The lowest BCUT2D eigenvalue weighted by molar-refractivity contribution is 0.534. The van der Waals surface area contributed by atoms with Crippen molar-refractivity contribution in [1.82, 2.24) is 14.8 Å². The smallest absolute Gasteiger partial charge is 0.111 e. The first-order chi connectivity index (χ1) is 7.16. The van der Waals surface area contributed by atoms with Gasteiger partial charge in [0.25, 0.3) is 0 Å². The molecule has 78 valence electrons. The van der Waals surface area contributed by atoms with E-state index in [4.69, 9.17) is 0 Å². The van der Waals surface area contributed by atoms with E-state index in [1.165, 1.54) is 0 Å². The summed E-state index contributed by atoms with van der Waals surface area (Å²) in [7, 11) is 0. The van der Waals surface area contributed by atoms with E-state index in [0.29, 0.717) is 6.04 Å². The largest absolute Gasteiger partial charge is 0.270 e. The van der Waals surface area contributed by atoms with E-state index in [-0.39, 0.29) is 0 Å². The number of rotatable bonds is 2. The fourth-order valence-corrected chi connectivity index (χ4v) is 1.78. The molecule has 0 saturated heterocycles. The minimum atomic E-state index is 0.390. The van der Waals surface area contributed by atoms with Gasteiger partial charge >= 0.3 is 0 Å². The van der Waals surface area contributed by atoms with Crippen molar-refractivity contribution in [3.05, 3.63) is 34.2 Å². The summed E-state index contributed by atoms with van der Waals surface area (Å²) in [4.78, 5) is 4.43. The second kappa shape index (κ2) is 4.30. The van der Waals surface area contributed by atoms with Gasteiger partial charge in [-0.1, -0.05) is 6.07 Å². The maximum atomic E-state index is 4.47. The molecule has 0 atom stereocenters. The summed E-state index contributed by atoms with van der Waals surface area (Å²) in [5.41, 5.74) is 1.86. The van der Waals surface area contributed by atoms with Crippen LogP contribution in [0.5, 0.6) is 0 Å². The Kier molecular flexibility index (Phi) is 3.04. The Bertz CT molecular complexity index is 462. The predicted octanol–water partition coefficient (Wildman–Crippen LogP) is 3.13. The van der Waals surface area contributed by atoms with E-state index in [1.54, 1.807) is 0 Å². The highest BCUT2D eigenvalue weighted by atomic mass is 127. The van der Waals surface area contributed by atoms with Crippen molar-refractivity contribution in [2.75, 3.05) is 0 Å². The number of hydrogen-bond acceptors (Lipinski definition) is 2. The highest BCUT2D eigenvalue weighted by Gasteiger charge is 2.05. The Hall–Kier alpha value is -0.910. The minimum absolute atomic E-state index is 0.390. The van der Waals surface area contributed by atoms with E-state index in [1.807, 2.05) is 35.1 Å². The molecule has 0 amide bonds. The molecule has 2 rings (SSSR count). The molecule has 3 nitrogen and oxygen atoms in total. The van der Waals surface area contributed by atoms with E-state index >= 15 is 0 Å². The summed E-state index contributed by atoms with van der Waals surface area (Å²) in [6.45, 7) is 4.22. The van der Waals surface area contributed by atoms with Gasteiger partial charge in [0.1, 0.15) is 9.39 Å². The Morgan fingerprint density at radius 3 is 2.60 bits per heavy atom. The van der Waals surface area contributed by atoms with Gasteiger partial charge in [-0.25, -0.2) is 4.98 Å². The van der Waals surface area contributed by atoms with Crippen LogP contribution >= 0.6 is 22.6 Å². The van der Waals surface area contributed by atoms with Crippen LogP contribution in [-0.2, 0) is 0 Å². The molecule has 0 aliphatic heterocycles. The third-order valence-corrected chi connectivity index (χ3v) is 2.72. The van der Waals surface area contributed by atoms with Crippen molar-refractivity contribution in [3.8, 4) is 11.4 Å². The second-order valence-corrected chi connectivity index (χ2v) is 4.73. The lowest BCUT2D eigenvalue weighted by Gasteiger charge is -2.03. The van der Waals surface area contributed by atoms with Gasteiger partial charge in [-0.3, -0.25) is 4.68 Å². The average Bonchev–Trinajstić information content (AvgIpc) is 2.66. The summed E-state index contributed by atoms with van der Waals surface area (Å²) in [5, 5.41) is 4.47. The summed E-state index contributed by atoms with van der Waals surface area (Å²) in [5.74, 6) is 0. The molecule has 0 spiro atoms. The first kappa shape index (κ1) is 10.6. The number of nitrogens with zero attached hydrogens (tertiary/aromatic N) is 3. The molecule has 0 unspecified atom stereocenters. The lowest BCUT2D eigenvalue weighted by atomic mass is 10.3. The molecule has 2 aromatic rings. The zero-order valence-corrected chi connectivity index (χ0v) is 10.8. The van der Waals surface area contributed by atoms with E-state index < -0.39 is 0 Å². The quantitative estimate of drug-likeness (QED) is 0.630. The van der Waals surface area contributed by atoms with Gasteiger partial charge in [0.2, 0.25) is 0 Å². The zero-order valence-electron chi connectivity index (χ0n) is 8.68. The van der Waals surface area contributed by atoms with Gasteiger partial charge < -0.3 is 0 Å². The first-order valence-electron chi connectivity index (χ1n) is 4.85. The summed E-state index contributed by atoms with van der Waals surface area (Å²) in [6, 6.07) is 8.34. The molecular weight excluding hydrogens is 301 g/mol. The molecule has 0 fully saturated rings. The average molecular weight is 313 g/mol. The SMILES string of the molecule is CC(C)n1ccc(-c2cccc(I)n2)n1. The number of halogens is 1. The van der Waals surface area contributed by atoms with E-state index in [0.717, 1.165) is 15.1 Å². The van der Waals surface area contributed by atoms with Crippen molar-refractivity contribution < 1.29 is 0 Å². The van der Waals surface area contributed by atoms with Crippen LogP contribution in [0.15, 0.2) is 30.5 Å². The van der Waals surface area contributed by atoms with Crippen molar-refractivity contribution in [2.45, 2.75) is 19.9 Å². The predicted molar refractivity (Wildman–Crippen MR) is 68.6 cm³/mol. The lowest BCUT2D eigenvalue weighted by Crippen LogP contribution is -2.01. The molecule has 0 bridgehead atoms. The normalized spacial score (nSPS) is 10.9. The van der Waals surface area contributed by atoms with Gasteiger partial charge in [0.15, 0.2) is 0 Å². The second-order valence-electron chi connectivity index (χ2n) is 3.62. The molecule has 2 heterocycles. The highest BCUT2D eigenvalue weighted by Crippen LogP contribution is 2.16. The fraction of sp³-hybridized carbons (Fsp3) is 0.273. The number of aromatic nitrogens is 3. The van der Waals surface area contributed by atoms with Crippen LogP contribution < -0.4 is 0 Å². The number of pyridine rings is 1. The molecule has 0 saturated carbocycles. The van der Waals surface area contributed by atoms with Crippen molar-refractivity contribution in [1.29, 1.82) is 0 Å². The van der Waals surface area contributed by atoms with Gasteiger partial charge in [0, 0.05) is 12.2 Å².